The molecule has 1 N–H and O–H groups in total. The summed E-state index contributed by atoms with van der Waals surface area (Å²) in [6, 6.07) is 12.5. The molecule has 4 heterocycles. The summed E-state index contributed by atoms with van der Waals surface area (Å²) >= 11 is 0. The Morgan fingerprint density at radius 1 is 1.19 bits per heavy atom. The number of H-pyrrole nitrogens is 1. The zero-order valence-electron chi connectivity index (χ0n) is 19.6. The van der Waals surface area contributed by atoms with E-state index in [1.807, 2.05) is 44.3 Å². The molecule has 0 aliphatic heterocycles. The highest BCUT2D eigenvalue weighted by Crippen LogP contribution is 2.34. The maximum Gasteiger partial charge on any atom is 0.268 e. The molecule has 0 radical (unpaired) electrons. The molecule has 5 rings (SSSR count). The number of nitrogens with zero attached hydrogens (tertiary/aromatic N) is 5. The SMILES string of the molecule is Cc1cc(-c2n[nH]cc2C)c2cccc(OCc3c(F)cncc3Cn3cccc(C#N)c3=O)c2n1. The molecular formula is C27H21FN6O2. The van der Waals surface area contributed by atoms with Crippen molar-refractivity contribution in [2.24, 2.45) is 0 Å². The Morgan fingerprint density at radius 3 is 2.83 bits per heavy atom. The van der Waals surface area contributed by atoms with E-state index in [1.54, 1.807) is 18.3 Å². The summed E-state index contributed by atoms with van der Waals surface area (Å²) in [5, 5.41) is 17.3. The van der Waals surface area contributed by atoms with Crippen molar-refractivity contribution in [2.45, 2.75) is 27.0 Å². The average Bonchev–Trinajstić information content (AvgIpc) is 3.30. The van der Waals surface area contributed by atoms with Gasteiger partial charge in [-0.15, -0.1) is 0 Å². The number of pyridine rings is 3. The van der Waals surface area contributed by atoms with E-state index in [0.717, 1.165) is 34.1 Å². The first-order valence-corrected chi connectivity index (χ1v) is 11.2. The van der Waals surface area contributed by atoms with Crippen LogP contribution in [0.1, 0.15) is 27.9 Å². The number of aromatic nitrogens is 5. The van der Waals surface area contributed by atoms with Crippen molar-refractivity contribution in [2.75, 3.05) is 0 Å². The quantitative estimate of drug-likeness (QED) is 0.385. The number of benzene rings is 1. The molecule has 8 nitrogen and oxygen atoms in total. The second-order valence-corrected chi connectivity index (χ2v) is 8.39. The lowest BCUT2D eigenvalue weighted by Crippen LogP contribution is -2.23. The third-order valence-electron chi connectivity index (χ3n) is 5.96. The normalized spacial score (nSPS) is 10.9. The van der Waals surface area contributed by atoms with E-state index in [1.165, 1.54) is 16.8 Å². The van der Waals surface area contributed by atoms with E-state index in [0.29, 0.717) is 16.8 Å². The van der Waals surface area contributed by atoms with Gasteiger partial charge in [0.1, 0.15) is 35.3 Å². The van der Waals surface area contributed by atoms with Crippen LogP contribution in [0.25, 0.3) is 22.2 Å². The first-order chi connectivity index (χ1) is 17.5. The molecule has 0 aliphatic rings. The van der Waals surface area contributed by atoms with E-state index in [2.05, 4.69) is 20.2 Å². The van der Waals surface area contributed by atoms with E-state index >= 15 is 0 Å². The first kappa shape index (κ1) is 22.9. The smallest absolute Gasteiger partial charge is 0.268 e. The summed E-state index contributed by atoms with van der Waals surface area (Å²) < 4.78 is 22.3. The summed E-state index contributed by atoms with van der Waals surface area (Å²) in [5.41, 5.74) is 4.51. The minimum atomic E-state index is -0.547. The van der Waals surface area contributed by atoms with Gasteiger partial charge in [0.25, 0.3) is 5.56 Å². The van der Waals surface area contributed by atoms with Crippen LogP contribution in [-0.2, 0) is 13.2 Å². The number of rotatable bonds is 6. The first-order valence-electron chi connectivity index (χ1n) is 11.2. The Morgan fingerprint density at radius 2 is 2.06 bits per heavy atom. The van der Waals surface area contributed by atoms with Crippen molar-refractivity contribution < 1.29 is 9.13 Å². The lowest BCUT2D eigenvalue weighted by molar-refractivity contribution is 0.300. The molecule has 0 fully saturated rings. The van der Waals surface area contributed by atoms with Crippen molar-refractivity contribution in [1.29, 1.82) is 5.26 Å². The Bertz CT molecular complexity index is 1700. The van der Waals surface area contributed by atoms with Gasteiger partial charge in [-0.25, -0.2) is 9.37 Å². The van der Waals surface area contributed by atoms with Crippen LogP contribution in [-0.4, -0.2) is 24.7 Å². The third-order valence-corrected chi connectivity index (χ3v) is 5.96. The highest BCUT2D eigenvalue weighted by molar-refractivity contribution is 5.97. The number of aryl methyl sites for hydroxylation is 2. The van der Waals surface area contributed by atoms with Gasteiger partial charge in [-0.3, -0.25) is 14.9 Å². The Labute approximate surface area is 205 Å². The predicted octanol–water partition coefficient (Wildman–Crippen LogP) is 4.44. The molecule has 4 aromatic heterocycles. The molecule has 0 aliphatic carbocycles. The van der Waals surface area contributed by atoms with Crippen LogP contribution in [0.5, 0.6) is 5.75 Å². The third kappa shape index (κ3) is 4.20. The number of ether oxygens (including phenoxy) is 1. The van der Waals surface area contributed by atoms with Crippen LogP contribution >= 0.6 is 0 Å². The van der Waals surface area contributed by atoms with Crippen LogP contribution in [0.15, 0.2) is 66.0 Å². The molecule has 0 amide bonds. The number of para-hydroxylation sites is 1. The number of hydrogen-bond acceptors (Lipinski definition) is 6. The maximum atomic E-state index is 14.9. The summed E-state index contributed by atoms with van der Waals surface area (Å²) in [4.78, 5) is 21.1. The van der Waals surface area contributed by atoms with Gasteiger partial charge in [-0.2, -0.15) is 10.4 Å². The summed E-state index contributed by atoms with van der Waals surface area (Å²) in [7, 11) is 0. The Hall–Kier alpha value is -4.84. The van der Waals surface area contributed by atoms with Crippen LogP contribution in [0.3, 0.4) is 0 Å². The van der Waals surface area contributed by atoms with Gasteiger partial charge in [0, 0.05) is 40.8 Å². The monoisotopic (exact) mass is 480 g/mol. The molecule has 0 atom stereocenters. The zero-order valence-corrected chi connectivity index (χ0v) is 19.6. The second kappa shape index (κ2) is 9.43. The largest absolute Gasteiger partial charge is 0.486 e. The molecule has 0 unspecified atom stereocenters. The molecule has 0 saturated carbocycles. The van der Waals surface area contributed by atoms with Gasteiger partial charge in [-0.05, 0) is 49.2 Å². The molecule has 36 heavy (non-hydrogen) atoms. The Balaban J connectivity index is 1.51. The van der Waals surface area contributed by atoms with Gasteiger partial charge in [0.15, 0.2) is 0 Å². The van der Waals surface area contributed by atoms with E-state index in [9.17, 15) is 9.18 Å². The second-order valence-electron chi connectivity index (χ2n) is 8.39. The van der Waals surface area contributed by atoms with Gasteiger partial charge in [0.2, 0.25) is 0 Å². The lowest BCUT2D eigenvalue weighted by Gasteiger charge is -2.15. The minimum Gasteiger partial charge on any atom is -0.486 e. The van der Waals surface area contributed by atoms with Gasteiger partial charge >= 0.3 is 0 Å². The fourth-order valence-corrected chi connectivity index (χ4v) is 4.17. The topological polar surface area (TPSA) is 109 Å². The minimum absolute atomic E-state index is 0.0137. The van der Waals surface area contributed by atoms with Crippen molar-refractivity contribution in [1.82, 2.24) is 24.7 Å². The van der Waals surface area contributed by atoms with Crippen molar-refractivity contribution in [3.63, 3.8) is 0 Å². The molecule has 0 saturated heterocycles. The molecule has 0 bridgehead atoms. The zero-order chi connectivity index (χ0) is 25.2. The standard InChI is InChI=1S/C27H21FN6O2/c1-16-11-31-33-25(16)21-9-17(2)32-26-20(21)6-3-7-24(26)36-15-22-19(12-30-13-23(22)28)14-34-8-4-5-18(10-29)27(34)35/h3-9,11-13H,14-15H2,1-2H3,(H,31,33). The van der Waals surface area contributed by atoms with Crippen LogP contribution in [0, 0.1) is 31.0 Å². The predicted molar refractivity (Wildman–Crippen MR) is 132 cm³/mol. The Kier molecular flexibility index (Phi) is 6.00. The molecule has 0 spiro atoms. The maximum absolute atomic E-state index is 14.9. The van der Waals surface area contributed by atoms with E-state index in [4.69, 9.17) is 10.00 Å². The molecule has 5 aromatic rings. The number of halogens is 1. The molecule has 1 aromatic carbocycles. The molecular weight excluding hydrogens is 459 g/mol. The lowest BCUT2D eigenvalue weighted by atomic mass is 10.0. The summed E-state index contributed by atoms with van der Waals surface area (Å²) in [5.74, 6) is -0.0503. The fraction of sp³-hybridized carbons (Fsp3) is 0.148. The van der Waals surface area contributed by atoms with Gasteiger partial charge in [0.05, 0.1) is 18.4 Å². The van der Waals surface area contributed by atoms with Crippen molar-refractivity contribution in [3.05, 3.63) is 105 Å². The highest BCUT2D eigenvalue weighted by atomic mass is 19.1. The number of hydrogen-bond donors (Lipinski definition) is 1. The average molecular weight is 481 g/mol. The summed E-state index contributed by atoms with van der Waals surface area (Å²) in [6.07, 6.45) is 6.00. The van der Waals surface area contributed by atoms with E-state index < -0.39 is 11.4 Å². The number of fused-ring (bicyclic) bond motifs is 1. The van der Waals surface area contributed by atoms with Crippen LogP contribution in [0.2, 0.25) is 0 Å². The van der Waals surface area contributed by atoms with E-state index in [-0.39, 0.29) is 24.3 Å². The number of nitriles is 1. The van der Waals surface area contributed by atoms with Gasteiger partial charge < -0.3 is 9.30 Å². The molecule has 9 heteroatoms. The molecule has 178 valence electrons. The van der Waals surface area contributed by atoms with Crippen molar-refractivity contribution in [3.8, 4) is 23.1 Å². The fourth-order valence-electron chi connectivity index (χ4n) is 4.17. The number of aromatic amines is 1. The van der Waals surface area contributed by atoms with Crippen LogP contribution in [0.4, 0.5) is 4.39 Å². The van der Waals surface area contributed by atoms with Crippen molar-refractivity contribution >= 4 is 10.9 Å². The highest BCUT2D eigenvalue weighted by Gasteiger charge is 2.16. The van der Waals surface area contributed by atoms with Crippen LogP contribution < -0.4 is 10.3 Å². The summed E-state index contributed by atoms with van der Waals surface area (Å²) in [6.45, 7) is 3.83. The number of nitrogens with one attached hydrogen (secondary N) is 1. The van der Waals surface area contributed by atoms with Gasteiger partial charge in [-0.1, -0.05) is 12.1 Å².